The normalized spacial score (nSPS) is 17.1. The third kappa shape index (κ3) is 6.98. The predicted octanol–water partition coefficient (Wildman–Crippen LogP) is 5.12. The summed E-state index contributed by atoms with van der Waals surface area (Å²) in [5.41, 5.74) is 7.31. The third-order valence-corrected chi connectivity index (χ3v) is 11.2. The molecule has 8 heterocycles. The van der Waals surface area contributed by atoms with Crippen LogP contribution in [0.15, 0.2) is 70.1 Å². The van der Waals surface area contributed by atoms with Crippen molar-refractivity contribution in [2.75, 3.05) is 31.2 Å². The Morgan fingerprint density at radius 3 is 2.64 bits per heavy atom. The van der Waals surface area contributed by atoms with E-state index in [1.165, 1.54) is 0 Å². The number of imide groups is 1. The molecule has 14 nitrogen and oxygen atoms in total. The van der Waals surface area contributed by atoms with Crippen LogP contribution in [-0.4, -0.2) is 68.5 Å². The van der Waals surface area contributed by atoms with Crippen molar-refractivity contribution in [3.05, 3.63) is 105 Å². The van der Waals surface area contributed by atoms with Crippen LogP contribution in [0.3, 0.4) is 0 Å². The number of nitrogens with one attached hydrogen (secondary N) is 2. The van der Waals surface area contributed by atoms with Crippen LogP contribution >= 0.6 is 0 Å². The summed E-state index contributed by atoms with van der Waals surface area (Å²) < 4.78 is 13.2. The number of carbonyl (C=O) groups excluding carboxylic acids is 3. The molecular formula is C44H40N8O6. The molecule has 1 aromatic carbocycles. The van der Waals surface area contributed by atoms with Crippen LogP contribution in [0, 0.1) is 18.8 Å². The van der Waals surface area contributed by atoms with Crippen LogP contribution in [0.4, 0.5) is 11.4 Å². The van der Waals surface area contributed by atoms with Gasteiger partial charge in [-0.25, -0.2) is 15.0 Å². The second-order valence-electron chi connectivity index (χ2n) is 15.0. The maximum absolute atomic E-state index is 13.0. The molecule has 0 unspecified atom stereocenters. The van der Waals surface area contributed by atoms with Gasteiger partial charge in [0.05, 0.1) is 35.7 Å². The largest absolute Gasteiger partial charge is 0.448 e. The Labute approximate surface area is 333 Å². The van der Waals surface area contributed by atoms with Crippen LogP contribution in [0.1, 0.15) is 82.7 Å². The first-order valence-electron chi connectivity index (χ1n) is 19.5. The first-order chi connectivity index (χ1) is 28.2. The van der Waals surface area contributed by atoms with Gasteiger partial charge in [-0.1, -0.05) is 18.1 Å². The topological polar surface area (TPSA) is 174 Å². The Morgan fingerprint density at radius 1 is 0.966 bits per heavy atom. The molecule has 0 radical (unpaired) electrons. The highest BCUT2D eigenvalue weighted by atomic mass is 16.5. The van der Waals surface area contributed by atoms with Crippen LogP contribution in [-0.2, 0) is 27.8 Å². The van der Waals surface area contributed by atoms with Crippen molar-refractivity contribution < 1.29 is 23.5 Å². The van der Waals surface area contributed by atoms with Crippen LogP contribution < -0.4 is 21.1 Å². The molecule has 2 fully saturated rings. The molecule has 5 aromatic heterocycles. The zero-order chi connectivity index (χ0) is 39.9. The molecule has 292 valence electrons. The lowest BCUT2D eigenvalue weighted by atomic mass is 9.88. The number of rotatable bonds is 6. The van der Waals surface area contributed by atoms with Gasteiger partial charge in [-0.15, -0.1) is 0 Å². The van der Waals surface area contributed by atoms with E-state index in [1.54, 1.807) is 42.1 Å². The summed E-state index contributed by atoms with van der Waals surface area (Å²) in [6, 6.07) is 14.8. The van der Waals surface area contributed by atoms with Crippen LogP contribution in [0.2, 0.25) is 0 Å². The maximum Gasteiger partial charge on any atom is 0.270 e. The number of amides is 3. The van der Waals surface area contributed by atoms with E-state index in [0.29, 0.717) is 53.6 Å². The van der Waals surface area contributed by atoms with Crippen molar-refractivity contribution in [1.82, 2.24) is 35.1 Å². The van der Waals surface area contributed by atoms with Crippen molar-refractivity contribution in [2.45, 2.75) is 57.3 Å². The summed E-state index contributed by atoms with van der Waals surface area (Å²) in [4.78, 5) is 71.5. The SMILES string of the molecule is Cc1cc2c(N3CCCc4nc(-c5ccc(C(=O)NCC#Cc6cc7c([C@H]8CCC(=O)NC8=O)cccc7o6)nc5)ncc43)cc(C3CCOCC3)nc2n(C)c1=O. The van der Waals surface area contributed by atoms with Gasteiger partial charge in [-0.05, 0) is 80.8 Å². The number of aromatic nitrogens is 5. The number of hydrogen-bond donors (Lipinski definition) is 2. The fourth-order valence-corrected chi connectivity index (χ4v) is 8.19. The fraction of sp³-hybridized carbons (Fsp3) is 0.318. The maximum atomic E-state index is 13.0. The standard InChI is InChI=1S/C44H40N8O6/c1-25-20-32-36(22-35(26-14-18-57-19-15-26)49-41(32)51(2)44(25)56)52-17-5-8-33-37(52)24-47-40(48-33)27-10-12-34(46-23-27)43(55)45-16-4-6-28-21-31-29(7-3-9-38(31)58-28)30-11-13-39(53)50-42(30)54/h3,7,9-10,12,20-24,26,30H,5,8,11,13-19H2,1-2H3,(H,45,55)(H,50,53,54)/t30-/m1/s1. The van der Waals surface area contributed by atoms with Gasteiger partial charge < -0.3 is 19.4 Å². The first-order valence-corrected chi connectivity index (χ1v) is 19.5. The second-order valence-corrected chi connectivity index (χ2v) is 15.0. The van der Waals surface area contributed by atoms with E-state index in [0.717, 1.165) is 71.3 Å². The minimum Gasteiger partial charge on any atom is -0.448 e. The van der Waals surface area contributed by atoms with Crippen molar-refractivity contribution in [3.63, 3.8) is 0 Å². The summed E-state index contributed by atoms with van der Waals surface area (Å²) in [6.07, 6.45) is 7.58. The van der Waals surface area contributed by atoms with Gasteiger partial charge in [0, 0.05) is 79.0 Å². The molecule has 3 aliphatic heterocycles. The number of benzene rings is 1. The molecule has 9 rings (SSSR count). The molecule has 1 atom stereocenters. The van der Waals surface area contributed by atoms with Gasteiger partial charge in [0.25, 0.3) is 11.5 Å². The minimum absolute atomic E-state index is 0.0585. The third-order valence-electron chi connectivity index (χ3n) is 11.2. The van der Waals surface area contributed by atoms with E-state index in [2.05, 4.69) is 38.4 Å². The number of hydrogen-bond acceptors (Lipinski definition) is 11. The summed E-state index contributed by atoms with van der Waals surface area (Å²) in [5.74, 6) is 5.61. The smallest absolute Gasteiger partial charge is 0.270 e. The number of furan rings is 1. The minimum atomic E-state index is -0.444. The zero-order valence-corrected chi connectivity index (χ0v) is 32.1. The van der Waals surface area contributed by atoms with E-state index in [9.17, 15) is 19.2 Å². The van der Waals surface area contributed by atoms with Crippen molar-refractivity contribution in [3.8, 4) is 23.2 Å². The highest BCUT2D eigenvalue weighted by molar-refractivity contribution is 6.03. The molecule has 0 saturated carbocycles. The Hall–Kier alpha value is -6.72. The van der Waals surface area contributed by atoms with E-state index in [1.807, 2.05) is 31.3 Å². The van der Waals surface area contributed by atoms with E-state index in [-0.39, 0.29) is 47.9 Å². The highest BCUT2D eigenvalue weighted by Crippen LogP contribution is 2.39. The number of aryl methyl sites for hydroxylation is 3. The Kier molecular flexibility index (Phi) is 9.74. The fourth-order valence-electron chi connectivity index (χ4n) is 8.19. The summed E-state index contributed by atoms with van der Waals surface area (Å²) in [7, 11) is 1.78. The number of carbonyl (C=O) groups is 3. The Balaban J connectivity index is 0.901. The van der Waals surface area contributed by atoms with Gasteiger partial charge in [0.2, 0.25) is 11.8 Å². The lowest BCUT2D eigenvalue weighted by Gasteiger charge is -2.32. The lowest BCUT2D eigenvalue weighted by molar-refractivity contribution is -0.134. The van der Waals surface area contributed by atoms with Crippen molar-refractivity contribution >= 4 is 51.1 Å². The monoisotopic (exact) mass is 776 g/mol. The van der Waals surface area contributed by atoms with Gasteiger partial charge in [0.15, 0.2) is 11.6 Å². The number of anilines is 2. The molecule has 6 aromatic rings. The molecule has 3 amide bonds. The summed E-state index contributed by atoms with van der Waals surface area (Å²) in [5, 5.41) is 6.86. The first kappa shape index (κ1) is 36.9. The number of piperidine rings is 1. The summed E-state index contributed by atoms with van der Waals surface area (Å²) in [6.45, 7) is 4.04. The molecule has 0 aliphatic carbocycles. The van der Waals surface area contributed by atoms with Gasteiger partial charge in [0.1, 0.15) is 16.9 Å². The van der Waals surface area contributed by atoms with E-state index < -0.39 is 5.92 Å². The molecular weight excluding hydrogens is 737 g/mol. The van der Waals surface area contributed by atoms with Gasteiger partial charge in [-0.2, -0.15) is 0 Å². The van der Waals surface area contributed by atoms with Gasteiger partial charge in [-0.3, -0.25) is 34.0 Å². The van der Waals surface area contributed by atoms with E-state index >= 15 is 0 Å². The molecule has 58 heavy (non-hydrogen) atoms. The average molecular weight is 777 g/mol. The molecule has 0 spiro atoms. The molecule has 0 bridgehead atoms. The molecule has 3 aliphatic rings. The highest BCUT2D eigenvalue weighted by Gasteiger charge is 2.30. The van der Waals surface area contributed by atoms with E-state index in [4.69, 9.17) is 24.1 Å². The lowest BCUT2D eigenvalue weighted by Crippen LogP contribution is -2.39. The Morgan fingerprint density at radius 2 is 1.83 bits per heavy atom. The number of ether oxygens (including phenoxy) is 1. The molecule has 2 saturated heterocycles. The predicted molar refractivity (Wildman–Crippen MR) is 216 cm³/mol. The number of fused-ring (bicyclic) bond motifs is 3. The van der Waals surface area contributed by atoms with Crippen LogP contribution in [0.5, 0.6) is 0 Å². The van der Waals surface area contributed by atoms with Crippen molar-refractivity contribution in [1.29, 1.82) is 0 Å². The Bertz CT molecular complexity index is 2760. The van der Waals surface area contributed by atoms with Crippen molar-refractivity contribution in [2.24, 2.45) is 7.05 Å². The molecule has 2 N–H and O–H groups in total. The number of nitrogens with zero attached hydrogens (tertiary/aromatic N) is 6. The number of pyridine rings is 3. The van der Waals surface area contributed by atoms with Gasteiger partial charge >= 0.3 is 0 Å². The second kappa shape index (κ2) is 15.3. The summed E-state index contributed by atoms with van der Waals surface area (Å²) >= 11 is 0. The van der Waals surface area contributed by atoms with Crippen LogP contribution in [0.25, 0.3) is 33.4 Å². The average Bonchev–Trinajstić information content (AvgIpc) is 3.68. The zero-order valence-electron chi connectivity index (χ0n) is 32.1. The molecule has 14 heteroatoms. The quantitative estimate of drug-likeness (QED) is 0.170.